The zero-order chi connectivity index (χ0) is 13.6. The van der Waals surface area contributed by atoms with Crippen molar-refractivity contribution in [3.63, 3.8) is 0 Å². The van der Waals surface area contributed by atoms with Crippen LogP contribution in [-0.2, 0) is 16.6 Å². The van der Waals surface area contributed by atoms with Crippen LogP contribution in [0.1, 0.15) is 18.1 Å². The molecule has 0 radical (unpaired) electrons. The molecule has 102 valence electrons. The summed E-state index contributed by atoms with van der Waals surface area (Å²) < 4.78 is 25.9. The van der Waals surface area contributed by atoms with Gasteiger partial charge in [0, 0.05) is 24.1 Å². The summed E-state index contributed by atoms with van der Waals surface area (Å²) in [6.45, 7) is 5.41. The summed E-state index contributed by atoms with van der Waals surface area (Å²) in [5, 5.41) is 3.20. The highest BCUT2D eigenvalue weighted by atomic mass is 79.9. The number of benzene rings is 1. The van der Waals surface area contributed by atoms with E-state index >= 15 is 0 Å². The predicted octanol–water partition coefficient (Wildman–Crippen LogP) is 1.79. The van der Waals surface area contributed by atoms with Crippen molar-refractivity contribution in [2.75, 3.05) is 18.8 Å². The van der Waals surface area contributed by atoms with Gasteiger partial charge in [0.05, 0.1) is 5.75 Å². The van der Waals surface area contributed by atoms with Crippen LogP contribution < -0.4 is 10.0 Å². The molecular weight excluding hydrogens is 316 g/mol. The van der Waals surface area contributed by atoms with E-state index in [2.05, 4.69) is 44.2 Å². The van der Waals surface area contributed by atoms with E-state index in [0.717, 1.165) is 4.47 Å². The quantitative estimate of drug-likeness (QED) is 0.747. The third kappa shape index (κ3) is 5.48. The number of aryl methyl sites for hydroxylation is 1. The van der Waals surface area contributed by atoms with Gasteiger partial charge in [-0.3, -0.25) is 0 Å². The van der Waals surface area contributed by atoms with Crippen LogP contribution in [0, 0.1) is 6.92 Å². The third-order valence-electron chi connectivity index (χ3n) is 2.53. The van der Waals surface area contributed by atoms with E-state index in [4.69, 9.17) is 0 Å². The highest BCUT2D eigenvalue weighted by Gasteiger charge is 2.04. The van der Waals surface area contributed by atoms with E-state index in [1.54, 1.807) is 6.92 Å². The van der Waals surface area contributed by atoms with Gasteiger partial charge in [0.15, 0.2) is 0 Å². The fourth-order valence-electron chi connectivity index (χ4n) is 1.42. The average Bonchev–Trinajstić information content (AvgIpc) is 2.31. The van der Waals surface area contributed by atoms with Crippen LogP contribution in [0.2, 0.25) is 0 Å². The topological polar surface area (TPSA) is 58.2 Å². The van der Waals surface area contributed by atoms with Crippen LogP contribution in [0.3, 0.4) is 0 Å². The molecule has 0 saturated carbocycles. The van der Waals surface area contributed by atoms with E-state index in [-0.39, 0.29) is 5.75 Å². The van der Waals surface area contributed by atoms with Gasteiger partial charge in [-0.2, -0.15) is 0 Å². The highest BCUT2D eigenvalue weighted by molar-refractivity contribution is 9.10. The molecule has 0 unspecified atom stereocenters. The number of hydrogen-bond donors (Lipinski definition) is 2. The Kier molecular flexibility index (Phi) is 6.28. The lowest BCUT2D eigenvalue weighted by Gasteiger charge is -2.08. The molecule has 6 heteroatoms. The summed E-state index contributed by atoms with van der Waals surface area (Å²) >= 11 is 3.51. The Hall–Kier alpha value is -0.430. The van der Waals surface area contributed by atoms with E-state index in [1.807, 2.05) is 6.92 Å². The number of nitrogens with one attached hydrogen (secondary N) is 2. The summed E-state index contributed by atoms with van der Waals surface area (Å²) in [5.74, 6) is 0.122. The minimum absolute atomic E-state index is 0.122. The number of hydrogen-bond acceptors (Lipinski definition) is 3. The van der Waals surface area contributed by atoms with Gasteiger partial charge < -0.3 is 5.32 Å². The van der Waals surface area contributed by atoms with Crippen LogP contribution >= 0.6 is 15.9 Å². The van der Waals surface area contributed by atoms with Gasteiger partial charge in [-0.05, 0) is 31.0 Å². The molecule has 0 bridgehead atoms. The zero-order valence-electron chi connectivity index (χ0n) is 10.7. The average molecular weight is 335 g/mol. The first kappa shape index (κ1) is 15.6. The Morgan fingerprint density at radius 2 is 2.00 bits per heavy atom. The largest absolute Gasteiger partial charge is 0.311 e. The van der Waals surface area contributed by atoms with Crippen molar-refractivity contribution in [1.29, 1.82) is 0 Å². The Morgan fingerprint density at radius 3 is 2.61 bits per heavy atom. The van der Waals surface area contributed by atoms with Gasteiger partial charge in [0.1, 0.15) is 0 Å². The lowest BCUT2D eigenvalue weighted by Crippen LogP contribution is -2.32. The second-order valence-corrected chi connectivity index (χ2v) is 7.02. The fraction of sp³-hybridized carbons (Fsp3) is 0.500. The van der Waals surface area contributed by atoms with Gasteiger partial charge >= 0.3 is 0 Å². The van der Waals surface area contributed by atoms with Crippen molar-refractivity contribution in [3.05, 3.63) is 33.8 Å². The standard InChI is InChI=1S/C12H19BrN2O2S/c1-3-18(16,17)15-7-6-14-9-11-5-4-10(2)8-12(11)13/h4-5,8,14-15H,3,6-7,9H2,1-2H3. The van der Waals surface area contributed by atoms with E-state index in [1.165, 1.54) is 11.1 Å². The zero-order valence-corrected chi connectivity index (χ0v) is 13.1. The maximum absolute atomic E-state index is 11.2. The van der Waals surface area contributed by atoms with Gasteiger partial charge in [-0.1, -0.05) is 28.1 Å². The van der Waals surface area contributed by atoms with Crippen LogP contribution in [0.25, 0.3) is 0 Å². The van der Waals surface area contributed by atoms with E-state index < -0.39 is 10.0 Å². The molecule has 0 fully saturated rings. The lowest BCUT2D eigenvalue weighted by molar-refractivity contribution is 0.577. The number of rotatable bonds is 7. The molecule has 0 heterocycles. The van der Waals surface area contributed by atoms with Crippen molar-refractivity contribution in [2.24, 2.45) is 0 Å². The monoisotopic (exact) mass is 334 g/mol. The first-order valence-electron chi connectivity index (χ1n) is 5.87. The van der Waals surface area contributed by atoms with E-state index in [9.17, 15) is 8.42 Å². The molecule has 0 aliphatic heterocycles. The molecule has 0 amide bonds. The van der Waals surface area contributed by atoms with Crippen molar-refractivity contribution in [3.8, 4) is 0 Å². The second kappa shape index (κ2) is 7.23. The SMILES string of the molecule is CCS(=O)(=O)NCCNCc1ccc(C)cc1Br. The Balaban J connectivity index is 2.30. The smallest absolute Gasteiger partial charge is 0.211 e. The molecule has 0 aliphatic carbocycles. The normalized spacial score (nSPS) is 11.7. The van der Waals surface area contributed by atoms with Crippen molar-refractivity contribution in [1.82, 2.24) is 10.0 Å². The van der Waals surface area contributed by atoms with Crippen LogP contribution in [0.5, 0.6) is 0 Å². The minimum atomic E-state index is -3.08. The number of halogens is 1. The van der Waals surface area contributed by atoms with Gasteiger partial charge in [-0.15, -0.1) is 0 Å². The number of sulfonamides is 1. The van der Waals surface area contributed by atoms with Gasteiger partial charge in [0.25, 0.3) is 0 Å². The lowest BCUT2D eigenvalue weighted by atomic mass is 10.1. The molecular formula is C12H19BrN2O2S. The molecule has 1 aromatic carbocycles. The minimum Gasteiger partial charge on any atom is -0.311 e. The Labute approximate surface area is 117 Å². The third-order valence-corrected chi connectivity index (χ3v) is 4.67. The maximum atomic E-state index is 11.2. The first-order valence-corrected chi connectivity index (χ1v) is 8.32. The van der Waals surface area contributed by atoms with Crippen LogP contribution in [-0.4, -0.2) is 27.3 Å². The van der Waals surface area contributed by atoms with Gasteiger partial charge in [-0.25, -0.2) is 13.1 Å². The molecule has 0 atom stereocenters. The van der Waals surface area contributed by atoms with Crippen molar-refractivity contribution in [2.45, 2.75) is 20.4 Å². The molecule has 0 aliphatic rings. The second-order valence-electron chi connectivity index (χ2n) is 4.07. The summed E-state index contributed by atoms with van der Waals surface area (Å²) in [5.41, 5.74) is 2.38. The Bertz CT molecular complexity index is 489. The molecule has 18 heavy (non-hydrogen) atoms. The van der Waals surface area contributed by atoms with Crippen molar-refractivity contribution < 1.29 is 8.42 Å². The van der Waals surface area contributed by atoms with E-state index in [0.29, 0.717) is 19.6 Å². The molecule has 4 nitrogen and oxygen atoms in total. The Morgan fingerprint density at radius 1 is 1.28 bits per heavy atom. The molecule has 0 spiro atoms. The van der Waals surface area contributed by atoms with Crippen molar-refractivity contribution >= 4 is 26.0 Å². The van der Waals surface area contributed by atoms with Crippen LogP contribution in [0.15, 0.2) is 22.7 Å². The maximum Gasteiger partial charge on any atom is 0.211 e. The summed E-state index contributed by atoms with van der Waals surface area (Å²) in [6.07, 6.45) is 0. The highest BCUT2D eigenvalue weighted by Crippen LogP contribution is 2.17. The van der Waals surface area contributed by atoms with Crippen LogP contribution in [0.4, 0.5) is 0 Å². The molecule has 0 aromatic heterocycles. The summed E-state index contributed by atoms with van der Waals surface area (Å²) in [6, 6.07) is 6.18. The molecule has 2 N–H and O–H groups in total. The summed E-state index contributed by atoms with van der Waals surface area (Å²) in [4.78, 5) is 0. The fourth-order valence-corrected chi connectivity index (χ4v) is 2.67. The first-order chi connectivity index (χ1) is 8.44. The predicted molar refractivity (Wildman–Crippen MR) is 78.0 cm³/mol. The molecule has 0 saturated heterocycles. The summed E-state index contributed by atoms with van der Waals surface area (Å²) in [7, 11) is -3.08. The molecule has 1 aromatic rings. The molecule has 1 rings (SSSR count). The van der Waals surface area contributed by atoms with Gasteiger partial charge in [0.2, 0.25) is 10.0 Å².